The molecule has 0 aliphatic rings. The van der Waals surface area contributed by atoms with Gasteiger partial charge in [-0.1, -0.05) is 18.2 Å². The van der Waals surface area contributed by atoms with E-state index in [4.69, 9.17) is 9.47 Å². The van der Waals surface area contributed by atoms with Crippen molar-refractivity contribution in [3.05, 3.63) is 29.8 Å². The van der Waals surface area contributed by atoms with Gasteiger partial charge < -0.3 is 24.8 Å². The van der Waals surface area contributed by atoms with Crippen molar-refractivity contribution in [1.29, 1.82) is 0 Å². The summed E-state index contributed by atoms with van der Waals surface area (Å²) in [6.45, 7) is 4.91. The van der Waals surface area contributed by atoms with Crippen LogP contribution in [0.5, 0.6) is 5.75 Å². The Kier molecular flexibility index (Phi) is 14.1. The third-order valence-corrected chi connectivity index (χ3v) is 3.14. The average molecular weight is 505 g/mol. The van der Waals surface area contributed by atoms with Crippen LogP contribution in [0, 0.1) is 0 Å². The minimum atomic E-state index is -4.73. The molecule has 0 unspecified atom stereocenters. The lowest BCUT2D eigenvalue weighted by molar-refractivity contribution is -0.274. The molecule has 2 N–H and O–H groups in total. The highest BCUT2D eigenvalue weighted by molar-refractivity contribution is 14.0. The van der Waals surface area contributed by atoms with Crippen LogP contribution in [0.3, 0.4) is 0 Å². The van der Waals surface area contributed by atoms with Crippen LogP contribution in [0.1, 0.15) is 18.9 Å². The normalized spacial score (nSPS) is 11.7. The molecule has 1 aromatic rings. The van der Waals surface area contributed by atoms with Gasteiger partial charge in [0, 0.05) is 32.4 Å². The zero-order valence-corrected chi connectivity index (χ0v) is 17.8. The summed E-state index contributed by atoms with van der Waals surface area (Å²) in [6.07, 6.45) is -3.96. The number of hydrogen-bond donors (Lipinski definition) is 2. The molecule has 0 aromatic heterocycles. The number of benzene rings is 1. The molecule has 0 aliphatic heterocycles. The number of para-hydroxylation sites is 1. The number of alkyl halides is 3. The van der Waals surface area contributed by atoms with E-state index in [9.17, 15) is 13.2 Å². The number of aliphatic imine (C=N–C) groups is 1. The van der Waals surface area contributed by atoms with Crippen LogP contribution in [0.25, 0.3) is 0 Å². The molecule has 6 nitrogen and oxygen atoms in total. The molecule has 0 spiro atoms. The molecule has 0 bridgehead atoms. The molecule has 1 aromatic carbocycles. The van der Waals surface area contributed by atoms with Crippen molar-refractivity contribution in [3.8, 4) is 5.75 Å². The summed E-state index contributed by atoms with van der Waals surface area (Å²) in [6, 6.07) is 5.96. The zero-order chi connectivity index (χ0) is 19.3. The highest BCUT2D eigenvalue weighted by Crippen LogP contribution is 2.26. The van der Waals surface area contributed by atoms with Crippen LogP contribution in [0.4, 0.5) is 13.2 Å². The van der Waals surface area contributed by atoms with Gasteiger partial charge in [0.2, 0.25) is 0 Å². The summed E-state index contributed by atoms with van der Waals surface area (Å²) >= 11 is 0. The summed E-state index contributed by atoms with van der Waals surface area (Å²) in [5.74, 6) is 0.275. The van der Waals surface area contributed by atoms with Crippen molar-refractivity contribution in [1.82, 2.24) is 10.6 Å². The van der Waals surface area contributed by atoms with Crippen LogP contribution in [0.2, 0.25) is 0 Å². The minimum Gasteiger partial charge on any atom is -0.405 e. The molecule has 156 valence electrons. The Morgan fingerprint density at radius 1 is 1.11 bits per heavy atom. The van der Waals surface area contributed by atoms with Gasteiger partial charge in [0.25, 0.3) is 0 Å². The molecule has 0 saturated carbocycles. The second-order valence-electron chi connectivity index (χ2n) is 5.24. The van der Waals surface area contributed by atoms with Gasteiger partial charge >= 0.3 is 6.36 Å². The number of nitrogens with one attached hydrogen (secondary N) is 2. The third kappa shape index (κ3) is 12.7. The van der Waals surface area contributed by atoms with E-state index in [2.05, 4.69) is 20.4 Å². The Hall–Kier alpha value is -1.27. The number of methoxy groups -OCH3 is 1. The van der Waals surface area contributed by atoms with Gasteiger partial charge in [0.15, 0.2) is 5.96 Å². The van der Waals surface area contributed by atoms with Crippen molar-refractivity contribution in [2.45, 2.75) is 26.3 Å². The first-order valence-electron chi connectivity index (χ1n) is 8.38. The molecule has 0 heterocycles. The first kappa shape index (κ1) is 25.7. The van der Waals surface area contributed by atoms with E-state index in [0.29, 0.717) is 44.4 Å². The molecule has 0 saturated heterocycles. The van der Waals surface area contributed by atoms with Crippen LogP contribution in [-0.4, -0.2) is 52.3 Å². The molecule has 0 radical (unpaired) electrons. The van der Waals surface area contributed by atoms with Crippen LogP contribution >= 0.6 is 24.0 Å². The Labute approximate surface area is 174 Å². The van der Waals surface area contributed by atoms with Gasteiger partial charge in [0.1, 0.15) is 5.75 Å². The van der Waals surface area contributed by atoms with Crippen molar-refractivity contribution < 1.29 is 27.4 Å². The lowest BCUT2D eigenvalue weighted by atomic mass is 10.2. The molecule has 0 fully saturated rings. The first-order valence-corrected chi connectivity index (χ1v) is 8.38. The Balaban J connectivity index is 0.00000676. The van der Waals surface area contributed by atoms with Gasteiger partial charge in [0.05, 0.1) is 19.8 Å². The van der Waals surface area contributed by atoms with Gasteiger partial charge in [-0.25, -0.2) is 4.99 Å². The minimum absolute atomic E-state index is 0. The van der Waals surface area contributed by atoms with Crippen molar-refractivity contribution >= 4 is 29.9 Å². The van der Waals surface area contributed by atoms with Gasteiger partial charge in [-0.05, 0) is 19.4 Å². The Morgan fingerprint density at radius 2 is 1.85 bits per heavy atom. The summed E-state index contributed by atoms with van der Waals surface area (Å²) in [4.78, 5) is 4.31. The number of hydrogen-bond acceptors (Lipinski definition) is 4. The van der Waals surface area contributed by atoms with E-state index in [-0.39, 0.29) is 36.3 Å². The fourth-order valence-electron chi connectivity index (χ4n) is 1.99. The molecule has 0 aliphatic carbocycles. The maximum absolute atomic E-state index is 12.5. The lowest BCUT2D eigenvalue weighted by Gasteiger charge is -2.14. The third-order valence-electron chi connectivity index (χ3n) is 3.14. The van der Waals surface area contributed by atoms with Gasteiger partial charge in [-0.15, -0.1) is 37.1 Å². The van der Waals surface area contributed by atoms with Crippen LogP contribution < -0.4 is 15.4 Å². The number of guanidine groups is 1. The van der Waals surface area contributed by atoms with Crippen LogP contribution in [0.15, 0.2) is 29.3 Å². The fourth-order valence-corrected chi connectivity index (χ4v) is 1.99. The summed E-state index contributed by atoms with van der Waals surface area (Å²) in [5.41, 5.74) is 0.352. The zero-order valence-electron chi connectivity index (χ0n) is 15.5. The average Bonchev–Trinajstić information content (AvgIpc) is 2.58. The lowest BCUT2D eigenvalue weighted by Crippen LogP contribution is -2.38. The monoisotopic (exact) mass is 505 g/mol. The van der Waals surface area contributed by atoms with E-state index in [1.54, 1.807) is 19.2 Å². The maximum atomic E-state index is 12.5. The summed E-state index contributed by atoms with van der Waals surface area (Å²) < 4.78 is 51.6. The van der Waals surface area contributed by atoms with Gasteiger partial charge in [-0.2, -0.15) is 0 Å². The molecular formula is C17H27F3IN3O3. The van der Waals surface area contributed by atoms with Crippen molar-refractivity contribution in [2.24, 2.45) is 4.99 Å². The fraction of sp³-hybridized carbons (Fsp3) is 0.588. The highest BCUT2D eigenvalue weighted by Gasteiger charge is 2.31. The van der Waals surface area contributed by atoms with E-state index in [0.717, 1.165) is 6.42 Å². The number of halogens is 4. The highest BCUT2D eigenvalue weighted by atomic mass is 127. The summed E-state index contributed by atoms with van der Waals surface area (Å²) in [5, 5.41) is 6.16. The van der Waals surface area contributed by atoms with E-state index in [1.165, 1.54) is 12.1 Å². The van der Waals surface area contributed by atoms with E-state index < -0.39 is 6.36 Å². The summed E-state index contributed by atoms with van der Waals surface area (Å²) in [7, 11) is 1.61. The molecule has 1 rings (SSSR count). The number of ether oxygens (including phenoxy) is 3. The standard InChI is InChI=1S/C17H26F3N3O3.HI/c1-3-21-16(22-9-6-10-25-12-11-24-2)23-13-14-7-4-5-8-15(14)26-17(18,19)20;/h4-5,7-8H,3,6,9-13H2,1-2H3,(H2,21,22,23);1H. The topological polar surface area (TPSA) is 64.1 Å². The molecular weight excluding hydrogens is 478 g/mol. The van der Waals surface area contributed by atoms with E-state index in [1.807, 2.05) is 6.92 Å². The number of nitrogens with zero attached hydrogens (tertiary/aromatic N) is 1. The van der Waals surface area contributed by atoms with Crippen molar-refractivity contribution in [3.63, 3.8) is 0 Å². The maximum Gasteiger partial charge on any atom is 0.573 e. The Bertz CT molecular complexity index is 546. The van der Waals surface area contributed by atoms with Crippen LogP contribution in [-0.2, 0) is 16.0 Å². The van der Waals surface area contributed by atoms with Gasteiger partial charge in [-0.3, -0.25) is 0 Å². The van der Waals surface area contributed by atoms with E-state index >= 15 is 0 Å². The molecule has 10 heteroatoms. The molecule has 27 heavy (non-hydrogen) atoms. The molecule has 0 atom stereocenters. The smallest absolute Gasteiger partial charge is 0.405 e. The SMILES string of the molecule is CCNC(=NCc1ccccc1OC(F)(F)F)NCCCOCCOC.I. The predicted molar refractivity (Wildman–Crippen MR) is 109 cm³/mol. The Morgan fingerprint density at radius 3 is 2.52 bits per heavy atom. The second kappa shape index (κ2) is 14.7. The van der Waals surface area contributed by atoms with Crippen molar-refractivity contribution in [2.75, 3.05) is 40.0 Å². The second-order valence-corrected chi connectivity index (χ2v) is 5.24. The first-order chi connectivity index (χ1) is 12.5. The number of rotatable bonds is 11. The predicted octanol–water partition coefficient (Wildman–Crippen LogP) is 3.31. The largest absolute Gasteiger partial charge is 0.573 e. The molecule has 0 amide bonds. The quantitative estimate of drug-likeness (QED) is 0.209.